The van der Waals surface area contributed by atoms with Gasteiger partial charge in [0.2, 0.25) is 0 Å². The molecular formula is C26H35NO2. The maximum atomic E-state index is 11.1. The molecule has 156 valence electrons. The monoisotopic (exact) mass is 393 g/mol. The van der Waals surface area contributed by atoms with E-state index in [1.807, 2.05) is 19.9 Å². The smallest absolute Gasteiger partial charge is 0.150 e. The molecule has 3 heteroatoms. The largest absolute Gasteiger partial charge is 0.496 e. The van der Waals surface area contributed by atoms with Gasteiger partial charge < -0.3 is 9.64 Å². The second-order valence-electron chi connectivity index (χ2n) is 7.64. The molecule has 2 aromatic carbocycles. The summed E-state index contributed by atoms with van der Waals surface area (Å²) < 4.78 is 5.70. The summed E-state index contributed by atoms with van der Waals surface area (Å²) >= 11 is 0. The number of hydrogen-bond donors (Lipinski definition) is 0. The Morgan fingerprint density at radius 2 is 1.45 bits per heavy atom. The molecule has 0 atom stereocenters. The fourth-order valence-corrected chi connectivity index (χ4v) is 3.45. The summed E-state index contributed by atoms with van der Waals surface area (Å²) in [6.45, 7) is 10.6. The van der Waals surface area contributed by atoms with Gasteiger partial charge in [-0.15, -0.1) is 0 Å². The molecule has 0 spiro atoms. The number of ether oxygens (including phenoxy) is 1. The molecule has 2 rings (SSSR count). The standard InChI is InChI=1S/C26H35NO2/c1-6-8-14-27(15-9-7-2)25-13-12-22(26(18-25)29-5)10-11-23-16-21(4)24(19-28)17-20(23)3/h10-13,16-19H,6-9,14-15H2,1-5H3/b11-10+. The molecule has 0 aromatic heterocycles. The van der Waals surface area contributed by atoms with E-state index in [4.69, 9.17) is 4.74 Å². The number of rotatable bonds is 11. The Labute approximate surface area is 176 Å². The third kappa shape index (κ3) is 6.22. The van der Waals surface area contributed by atoms with Crippen LogP contribution >= 0.6 is 0 Å². The van der Waals surface area contributed by atoms with Crippen molar-refractivity contribution in [1.29, 1.82) is 0 Å². The van der Waals surface area contributed by atoms with Gasteiger partial charge in [0, 0.05) is 36.0 Å². The summed E-state index contributed by atoms with van der Waals surface area (Å²) in [5.41, 5.74) is 6.24. The topological polar surface area (TPSA) is 29.5 Å². The van der Waals surface area contributed by atoms with Crippen LogP contribution in [0.3, 0.4) is 0 Å². The lowest BCUT2D eigenvalue weighted by atomic mass is 9.99. The molecule has 0 radical (unpaired) electrons. The van der Waals surface area contributed by atoms with Gasteiger partial charge in [0.15, 0.2) is 0 Å². The molecule has 3 nitrogen and oxygen atoms in total. The van der Waals surface area contributed by atoms with Crippen LogP contribution in [0.15, 0.2) is 30.3 Å². The zero-order valence-electron chi connectivity index (χ0n) is 18.6. The molecule has 0 amide bonds. The minimum atomic E-state index is 0.751. The molecule has 0 fully saturated rings. The molecule has 0 saturated heterocycles. The van der Waals surface area contributed by atoms with Crippen molar-refractivity contribution in [2.24, 2.45) is 0 Å². The molecule has 0 N–H and O–H groups in total. The summed E-state index contributed by atoms with van der Waals surface area (Å²) in [6.07, 6.45) is 9.89. The predicted molar refractivity (Wildman–Crippen MR) is 125 cm³/mol. The number of hydrogen-bond acceptors (Lipinski definition) is 3. The van der Waals surface area contributed by atoms with Crippen LogP contribution in [0.4, 0.5) is 5.69 Å². The minimum absolute atomic E-state index is 0.751. The van der Waals surface area contributed by atoms with E-state index < -0.39 is 0 Å². The Morgan fingerprint density at radius 3 is 2.03 bits per heavy atom. The van der Waals surface area contributed by atoms with E-state index >= 15 is 0 Å². The third-order valence-electron chi connectivity index (χ3n) is 5.37. The van der Waals surface area contributed by atoms with E-state index in [1.54, 1.807) is 7.11 Å². The molecular weight excluding hydrogens is 358 g/mol. The molecule has 0 bridgehead atoms. The number of aldehydes is 1. The van der Waals surface area contributed by atoms with Crippen LogP contribution in [0, 0.1) is 13.8 Å². The molecule has 0 unspecified atom stereocenters. The van der Waals surface area contributed by atoms with Crippen molar-refractivity contribution in [2.45, 2.75) is 53.4 Å². The number of carbonyl (C=O) groups is 1. The lowest BCUT2D eigenvalue weighted by Crippen LogP contribution is -2.25. The van der Waals surface area contributed by atoms with Crippen LogP contribution in [0.2, 0.25) is 0 Å². The molecule has 0 aliphatic heterocycles. The molecule has 0 aliphatic rings. The van der Waals surface area contributed by atoms with Crippen LogP contribution in [-0.2, 0) is 0 Å². The number of benzene rings is 2. The predicted octanol–water partition coefficient (Wildman–Crippen LogP) is 6.70. The average Bonchev–Trinajstić information content (AvgIpc) is 2.74. The fraction of sp³-hybridized carbons (Fsp3) is 0.423. The second-order valence-corrected chi connectivity index (χ2v) is 7.64. The van der Waals surface area contributed by atoms with Crippen LogP contribution in [-0.4, -0.2) is 26.5 Å². The van der Waals surface area contributed by atoms with Crippen molar-refractivity contribution in [3.63, 3.8) is 0 Å². The van der Waals surface area contributed by atoms with E-state index in [2.05, 4.69) is 55.2 Å². The average molecular weight is 394 g/mol. The normalized spacial score (nSPS) is 11.1. The molecule has 0 aliphatic carbocycles. The Hall–Kier alpha value is -2.55. The lowest BCUT2D eigenvalue weighted by molar-refractivity contribution is 0.112. The first kappa shape index (κ1) is 22.7. The molecule has 0 saturated carbocycles. The van der Waals surface area contributed by atoms with Crippen LogP contribution in [0.1, 0.15) is 72.1 Å². The highest BCUT2D eigenvalue weighted by Gasteiger charge is 2.09. The summed E-state index contributed by atoms with van der Waals surface area (Å²) in [6, 6.07) is 10.5. The van der Waals surface area contributed by atoms with Gasteiger partial charge in [0.25, 0.3) is 0 Å². The van der Waals surface area contributed by atoms with Crippen molar-refractivity contribution >= 4 is 24.1 Å². The number of anilines is 1. The van der Waals surface area contributed by atoms with Crippen LogP contribution in [0.5, 0.6) is 5.75 Å². The van der Waals surface area contributed by atoms with Crippen molar-refractivity contribution in [2.75, 3.05) is 25.1 Å². The first-order valence-electron chi connectivity index (χ1n) is 10.7. The first-order chi connectivity index (χ1) is 14.0. The maximum Gasteiger partial charge on any atom is 0.150 e. The number of nitrogens with zero attached hydrogens (tertiary/aromatic N) is 1. The van der Waals surface area contributed by atoms with Gasteiger partial charge in [-0.1, -0.05) is 44.9 Å². The minimum Gasteiger partial charge on any atom is -0.496 e. The number of methoxy groups -OCH3 is 1. The Morgan fingerprint density at radius 1 is 0.862 bits per heavy atom. The van der Waals surface area contributed by atoms with Gasteiger partial charge >= 0.3 is 0 Å². The van der Waals surface area contributed by atoms with Crippen molar-refractivity contribution in [3.8, 4) is 5.75 Å². The number of aryl methyl sites for hydroxylation is 2. The van der Waals surface area contributed by atoms with Crippen molar-refractivity contribution < 1.29 is 9.53 Å². The first-order valence-corrected chi connectivity index (χ1v) is 10.7. The van der Waals surface area contributed by atoms with E-state index in [9.17, 15) is 4.79 Å². The summed E-state index contributed by atoms with van der Waals surface area (Å²) in [5.74, 6) is 0.885. The quantitative estimate of drug-likeness (QED) is 0.314. The van der Waals surface area contributed by atoms with Gasteiger partial charge in [-0.2, -0.15) is 0 Å². The SMILES string of the molecule is CCCCN(CCCC)c1ccc(/C=C/c2cc(C)c(C=O)cc2C)c(OC)c1. The van der Waals surface area contributed by atoms with Gasteiger partial charge in [-0.05, 0) is 61.6 Å². The maximum absolute atomic E-state index is 11.1. The zero-order chi connectivity index (χ0) is 21.2. The molecule has 0 heterocycles. The number of carbonyl (C=O) groups excluding carboxylic acids is 1. The van der Waals surface area contributed by atoms with Crippen LogP contribution in [0.25, 0.3) is 12.2 Å². The van der Waals surface area contributed by atoms with Gasteiger partial charge in [-0.25, -0.2) is 0 Å². The summed E-state index contributed by atoms with van der Waals surface area (Å²) in [4.78, 5) is 13.6. The highest BCUT2D eigenvalue weighted by atomic mass is 16.5. The van der Waals surface area contributed by atoms with Crippen LogP contribution < -0.4 is 9.64 Å². The highest BCUT2D eigenvalue weighted by Crippen LogP contribution is 2.28. The number of unbranched alkanes of at least 4 members (excludes halogenated alkanes) is 2. The Balaban J connectivity index is 2.29. The van der Waals surface area contributed by atoms with E-state index in [1.165, 1.54) is 31.4 Å². The second kappa shape index (κ2) is 11.5. The van der Waals surface area contributed by atoms with Gasteiger partial charge in [0.05, 0.1) is 7.11 Å². The van der Waals surface area contributed by atoms with Crippen molar-refractivity contribution in [1.82, 2.24) is 0 Å². The highest BCUT2D eigenvalue weighted by molar-refractivity contribution is 5.81. The van der Waals surface area contributed by atoms with Gasteiger partial charge in [0.1, 0.15) is 12.0 Å². The van der Waals surface area contributed by atoms with E-state index in [0.29, 0.717) is 0 Å². The van der Waals surface area contributed by atoms with Gasteiger partial charge in [-0.3, -0.25) is 4.79 Å². The molecule has 2 aromatic rings. The summed E-state index contributed by atoms with van der Waals surface area (Å²) in [5, 5.41) is 0. The summed E-state index contributed by atoms with van der Waals surface area (Å²) in [7, 11) is 1.73. The third-order valence-corrected chi connectivity index (χ3v) is 5.37. The van der Waals surface area contributed by atoms with E-state index in [0.717, 1.165) is 52.9 Å². The van der Waals surface area contributed by atoms with E-state index in [-0.39, 0.29) is 0 Å². The molecule has 29 heavy (non-hydrogen) atoms. The Kier molecular flexibility index (Phi) is 8.98. The zero-order valence-corrected chi connectivity index (χ0v) is 18.6. The fourth-order valence-electron chi connectivity index (χ4n) is 3.45. The van der Waals surface area contributed by atoms with Crippen molar-refractivity contribution in [3.05, 3.63) is 58.1 Å². The lowest BCUT2D eigenvalue weighted by Gasteiger charge is -2.25. The Bertz CT molecular complexity index is 831.